The molecule has 0 aromatic heterocycles. The molecular weight excluding hydrogens is 144 g/mol. The van der Waals surface area contributed by atoms with Crippen LogP contribution in [0.3, 0.4) is 0 Å². The Hall–Kier alpha value is -1.04. The molecule has 0 saturated heterocycles. The fraction of sp³-hybridized carbons (Fsp3) is 0.333. The van der Waals surface area contributed by atoms with Gasteiger partial charge in [0.2, 0.25) is 0 Å². The molecule has 62 valence electrons. The van der Waals surface area contributed by atoms with Crippen molar-refractivity contribution in [1.29, 1.82) is 0 Å². The van der Waals surface area contributed by atoms with E-state index in [0.717, 1.165) is 5.92 Å². The molecule has 2 rings (SSSR count). The summed E-state index contributed by atoms with van der Waals surface area (Å²) < 4.78 is 0. The molecule has 0 spiro atoms. The van der Waals surface area contributed by atoms with Crippen molar-refractivity contribution in [3.63, 3.8) is 0 Å². The Balaban J connectivity index is 2.03. The standard InChI is InChI=1S/C12H14/c1-10(9-11-7-8-11)12-5-3-2-4-6-12/h2-6,11H,1,7-9H2. The zero-order chi connectivity index (χ0) is 8.39. The third-order valence-electron chi connectivity index (χ3n) is 2.41. The van der Waals surface area contributed by atoms with Crippen molar-refractivity contribution in [3.05, 3.63) is 42.5 Å². The van der Waals surface area contributed by atoms with Crippen LogP contribution in [0.1, 0.15) is 24.8 Å². The molecule has 1 saturated carbocycles. The molecule has 0 unspecified atom stereocenters. The van der Waals surface area contributed by atoms with E-state index in [1.54, 1.807) is 0 Å². The van der Waals surface area contributed by atoms with Crippen LogP contribution in [0.25, 0.3) is 5.57 Å². The van der Waals surface area contributed by atoms with Crippen LogP contribution >= 0.6 is 0 Å². The summed E-state index contributed by atoms with van der Waals surface area (Å²) in [6.07, 6.45) is 4.02. The first kappa shape index (κ1) is 7.60. The molecule has 0 nitrogen and oxygen atoms in total. The van der Waals surface area contributed by atoms with Crippen molar-refractivity contribution in [2.75, 3.05) is 0 Å². The second kappa shape index (κ2) is 3.14. The molecule has 0 heteroatoms. The first-order valence-electron chi connectivity index (χ1n) is 4.59. The summed E-state index contributed by atoms with van der Waals surface area (Å²) >= 11 is 0. The van der Waals surface area contributed by atoms with Gasteiger partial charge >= 0.3 is 0 Å². The summed E-state index contributed by atoms with van der Waals surface area (Å²) in [5.41, 5.74) is 2.61. The zero-order valence-corrected chi connectivity index (χ0v) is 7.29. The van der Waals surface area contributed by atoms with E-state index in [1.807, 2.05) is 6.07 Å². The van der Waals surface area contributed by atoms with Crippen molar-refractivity contribution < 1.29 is 0 Å². The van der Waals surface area contributed by atoms with E-state index in [-0.39, 0.29) is 0 Å². The van der Waals surface area contributed by atoms with Gasteiger partial charge < -0.3 is 0 Å². The molecule has 1 fully saturated rings. The average molecular weight is 158 g/mol. The maximum atomic E-state index is 4.11. The summed E-state index contributed by atoms with van der Waals surface area (Å²) in [5, 5.41) is 0. The zero-order valence-electron chi connectivity index (χ0n) is 7.29. The number of rotatable bonds is 3. The summed E-state index contributed by atoms with van der Waals surface area (Å²) in [7, 11) is 0. The highest BCUT2D eigenvalue weighted by Gasteiger charge is 2.21. The number of allylic oxidation sites excluding steroid dienone is 1. The predicted molar refractivity (Wildman–Crippen MR) is 52.8 cm³/mol. The van der Waals surface area contributed by atoms with E-state index in [2.05, 4.69) is 30.8 Å². The van der Waals surface area contributed by atoms with Crippen molar-refractivity contribution in [2.24, 2.45) is 5.92 Å². The van der Waals surface area contributed by atoms with Gasteiger partial charge in [0.1, 0.15) is 0 Å². The lowest BCUT2D eigenvalue weighted by Crippen LogP contribution is -1.83. The summed E-state index contributed by atoms with van der Waals surface area (Å²) in [5.74, 6) is 0.942. The summed E-state index contributed by atoms with van der Waals surface area (Å²) in [4.78, 5) is 0. The molecule has 1 aliphatic rings. The van der Waals surface area contributed by atoms with Crippen LogP contribution in [-0.4, -0.2) is 0 Å². The second-order valence-corrected chi connectivity index (χ2v) is 3.62. The second-order valence-electron chi connectivity index (χ2n) is 3.62. The normalized spacial score (nSPS) is 16.0. The maximum Gasteiger partial charge on any atom is -0.0230 e. The molecule has 1 aromatic rings. The maximum absolute atomic E-state index is 4.11. The van der Waals surface area contributed by atoms with Crippen LogP contribution in [-0.2, 0) is 0 Å². The third kappa shape index (κ3) is 1.76. The van der Waals surface area contributed by atoms with Crippen LogP contribution in [0.2, 0.25) is 0 Å². The summed E-state index contributed by atoms with van der Waals surface area (Å²) in [6, 6.07) is 10.5. The van der Waals surface area contributed by atoms with Crippen molar-refractivity contribution in [2.45, 2.75) is 19.3 Å². The number of hydrogen-bond acceptors (Lipinski definition) is 0. The first-order valence-corrected chi connectivity index (χ1v) is 4.59. The van der Waals surface area contributed by atoms with Gasteiger partial charge in [0.25, 0.3) is 0 Å². The monoisotopic (exact) mass is 158 g/mol. The number of benzene rings is 1. The fourth-order valence-electron chi connectivity index (χ4n) is 1.46. The van der Waals surface area contributed by atoms with Crippen LogP contribution in [0.15, 0.2) is 36.9 Å². The van der Waals surface area contributed by atoms with Crippen LogP contribution in [0.4, 0.5) is 0 Å². The Morgan fingerprint density at radius 2 is 1.92 bits per heavy atom. The van der Waals surface area contributed by atoms with Gasteiger partial charge in [-0.15, -0.1) is 0 Å². The molecule has 12 heavy (non-hydrogen) atoms. The predicted octanol–water partition coefficient (Wildman–Crippen LogP) is 3.50. The molecule has 0 bridgehead atoms. The molecule has 0 radical (unpaired) electrons. The average Bonchev–Trinajstić information content (AvgIpc) is 2.90. The van der Waals surface area contributed by atoms with Gasteiger partial charge in [0, 0.05) is 0 Å². The Kier molecular flexibility index (Phi) is 1.99. The van der Waals surface area contributed by atoms with Crippen LogP contribution < -0.4 is 0 Å². The van der Waals surface area contributed by atoms with Gasteiger partial charge in [0.05, 0.1) is 0 Å². The minimum atomic E-state index is 0.942. The molecule has 0 amide bonds. The molecular formula is C12H14. The Morgan fingerprint density at radius 1 is 1.25 bits per heavy atom. The van der Waals surface area contributed by atoms with Crippen LogP contribution in [0.5, 0.6) is 0 Å². The Morgan fingerprint density at radius 3 is 2.50 bits per heavy atom. The highest BCUT2D eigenvalue weighted by atomic mass is 14.3. The Labute approximate surface area is 73.9 Å². The highest BCUT2D eigenvalue weighted by Crippen LogP contribution is 2.37. The van der Waals surface area contributed by atoms with E-state index >= 15 is 0 Å². The molecule has 0 heterocycles. The van der Waals surface area contributed by atoms with Gasteiger partial charge in [-0.05, 0) is 36.3 Å². The van der Waals surface area contributed by atoms with Gasteiger partial charge in [-0.1, -0.05) is 36.9 Å². The Bertz CT molecular complexity index is 267. The topological polar surface area (TPSA) is 0 Å². The lowest BCUT2D eigenvalue weighted by Gasteiger charge is -2.03. The van der Waals surface area contributed by atoms with E-state index < -0.39 is 0 Å². The first-order chi connectivity index (χ1) is 5.86. The van der Waals surface area contributed by atoms with Crippen molar-refractivity contribution in [1.82, 2.24) is 0 Å². The van der Waals surface area contributed by atoms with E-state index in [0.29, 0.717) is 0 Å². The molecule has 1 aliphatic carbocycles. The lowest BCUT2D eigenvalue weighted by atomic mass is 10.0. The van der Waals surface area contributed by atoms with E-state index in [1.165, 1.54) is 30.4 Å². The van der Waals surface area contributed by atoms with Crippen molar-refractivity contribution >= 4 is 5.57 Å². The quantitative estimate of drug-likeness (QED) is 0.631. The smallest absolute Gasteiger partial charge is 0.0230 e. The lowest BCUT2D eigenvalue weighted by molar-refractivity contribution is 0.878. The van der Waals surface area contributed by atoms with Crippen LogP contribution in [0, 0.1) is 5.92 Å². The molecule has 1 aromatic carbocycles. The molecule has 0 atom stereocenters. The van der Waals surface area contributed by atoms with Gasteiger partial charge in [-0.2, -0.15) is 0 Å². The SMILES string of the molecule is C=C(CC1CC1)c1ccccc1. The minimum absolute atomic E-state index is 0.942. The van der Waals surface area contributed by atoms with E-state index in [9.17, 15) is 0 Å². The fourth-order valence-corrected chi connectivity index (χ4v) is 1.46. The van der Waals surface area contributed by atoms with E-state index in [4.69, 9.17) is 0 Å². The molecule has 0 aliphatic heterocycles. The van der Waals surface area contributed by atoms with Gasteiger partial charge in [0.15, 0.2) is 0 Å². The van der Waals surface area contributed by atoms with Gasteiger partial charge in [-0.3, -0.25) is 0 Å². The third-order valence-corrected chi connectivity index (χ3v) is 2.41. The minimum Gasteiger partial charge on any atom is -0.0952 e. The van der Waals surface area contributed by atoms with Crippen molar-refractivity contribution in [3.8, 4) is 0 Å². The molecule has 0 N–H and O–H groups in total. The highest BCUT2D eigenvalue weighted by molar-refractivity contribution is 5.63. The summed E-state index contributed by atoms with van der Waals surface area (Å²) in [6.45, 7) is 4.11. The number of hydrogen-bond donors (Lipinski definition) is 0. The van der Waals surface area contributed by atoms with Gasteiger partial charge in [-0.25, -0.2) is 0 Å². The largest absolute Gasteiger partial charge is 0.0952 e.